The van der Waals surface area contributed by atoms with Crippen molar-refractivity contribution < 1.29 is 4.79 Å². The summed E-state index contributed by atoms with van der Waals surface area (Å²) in [6.45, 7) is 4.41. The van der Waals surface area contributed by atoms with E-state index in [1.807, 2.05) is 14.1 Å². The molecule has 0 aliphatic carbocycles. The van der Waals surface area contributed by atoms with Gasteiger partial charge < -0.3 is 10.6 Å². The summed E-state index contributed by atoms with van der Waals surface area (Å²) in [6, 6.07) is 0.287. The van der Waals surface area contributed by atoms with Crippen LogP contribution in [0.25, 0.3) is 0 Å². The van der Waals surface area contributed by atoms with Gasteiger partial charge in [-0.1, -0.05) is 90.9 Å². The van der Waals surface area contributed by atoms with Crippen LogP contribution in [0.15, 0.2) is 0 Å². The highest BCUT2D eigenvalue weighted by atomic mass is 16.1. The average Bonchev–Trinajstić information content (AvgIpc) is 2.54. The fourth-order valence-corrected chi connectivity index (χ4v) is 3.74. The smallest absolute Gasteiger partial charge is 0.222 e. The average molecular weight is 341 g/mol. The first kappa shape index (κ1) is 23.4. The van der Waals surface area contributed by atoms with Crippen molar-refractivity contribution in [2.45, 2.75) is 110 Å². The highest BCUT2D eigenvalue weighted by molar-refractivity contribution is 5.77. The molecule has 0 aromatic heterocycles. The minimum atomic E-state index is -0.126. The molecule has 3 nitrogen and oxygen atoms in total. The quantitative estimate of drug-likeness (QED) is 0.354. The Balaban J connectivity index is 3.61. The first-order valence-electron chi connectivity index (χ1n) is 10.5. The molecular weight excluding hydrogens is 296 g/mol. The zero-order valence-electron chi connectivity index (χ0n) is 17.0. The van der Waals surface area contributed by atoms with E-state index < -0.39 is 0 Å². The molecule has 0 bridgehead atoms. The Morgan fingerprint density at radius 3 is 1.54 bits per heavy atom. The zero-order valence-corrected chi connectivity index (χ0v) is 17.0. The third-order valence-corrected chi connectivity index (χ3v) is 5.28. The lowest BCUT2D eigenvalue weighted by molar-refractivity contribution is -0.124. The number of hydrogen-bond acceptors (Lipinski definition) is 2. The summed E-state index contributed by atoms with van der Waals surface area (Å²) in [6.07, 6.45) is 18.1. The summed E-state index contributed by atoms with van der Waals surface area (Å²) in [4.78, 5) is 13.9. The first-order valence-corrected chi connectivity index (χ1v) is 10.5. The normalized spacial score (nSPS) is 14.0. The monoisotopic (exact) mass is 340 g/mol. The van der Waals surface area contributed by atoms with Crippen molar-refractivity contribution in [3.8, 4) is 0 Å². The van der Waals surface area contributed by atoms with E-state index in [9.17, 15) is 4.79 Å². The van der Waals surface area contributed by atoms with Crippen LogP contribution in [0.5, 0.6) is 0 Å². The molecule has 0 aliphatic rings. The molecule has 2 unspecified atom stereocenters. The third kappa shape index (κ3) is 11.9. The molecule has 0 rings (SSSR count). The lowest BCUT2D eigenvalue weighted by Gasteiger charge is -2.29. The van der Waals surface area contributed by atoms with Crippen molar-refractivity contribution in [2.24, 2.45) is 11.7 Å². The summed E-state index contributed by atoms with van der Waals surface area (Å²) < 4.78 is 0. The Hall–Kier alpha value is -0.570. The van der Waals surface area contributed by atoms with E-state index in [0.717, 1.165) is 19.3 Å². The fraction of sp³-hybridized carbons (Fsp3) is 0.952. The molecule has 144 valence electrons. The molecule has 0 saturated heterocycles. The van der Waals surface area contributed by atoms with Crippen molar-refractivity contribution in [3.63, 3.8) is 0 Å². The molecule has 2 N–H and O–H groups in total. The van der Waals surface area contributed by atoms with Crippen LogP contribution in [0.2, 0.25) is 0 Å². The van der Waals surface area contributed by atoms with E-state index in [0.29, 0.717) is 0 Å². The minimum Gasteiger partial charge on any atom is -0.369 e. The van der Waals surface area contributed by atoms with Crippen LogP contribution < -0.4 is 5.73 Å². The number of rotatable bonds is 17. The molecule has 1 amide bonds. The molecule has 0 heterocycles. The Bertz CT molecular complexity index is 292. The molecule has 0 aliphatic heterocycles. The molecule has 0 saturated carbocycles. The van der Waals surface area contributed by atoms with E-state index >= 15 is 0 Å². The van der Waals surface area contributed by atoms with Crippen LogP contribution in [0.4, 0.5) is 0 Å². The van der Waals surface area contributed by atoms with Crippen molar-refractivity contribution in [3.05, 3.63) is 0 Å². The number of nitrogens with two attached hydrogens (primary N) is 1. The highest BCUT2D eigenvalue weighted by Gasteiger charge is 2.26. The van der Waals surface area contributed by atoms with E-state index in [2.05, 4.69) is 18.7 Å². The largest absolute Gasteiger partial charge is 0.369 e. The lowest BCUT2D eigenvalue weighted by atomic mass is 9.90. The Labute approximate surface area is 151 Å². The maximum absolute atomic E-state index is 11.7. The Morgan fingerprint density at radius 2 is 1.21 bits per heavy atom. The standard InChI is InChI=1S/C21H44N2O/c1-5-7-8-9-10-11-12-13-14-15-16-17-18-19(21(22)24)20(6-2)23(3)4/h19-20H,5-18H2,1-4H3,(H2,22,24). The molecule has 0 spiro atoms. The highest BCUT2D eigenvalue weighted by Crippen LogP contribution is 2.20. The Morgan fingerprint density at radius 1 is 0.792 bits per heavy atom. The number of hydrogen-bond donors (Lipinski definition) is 1. The van der Waals surface area contributed by atoms with Crippen LogP contribution in [0.3, 0.4) is 0 Å². The molecule has 0 aromatic rings. The van der Waals surface area contributed by atoms with Crippen molar-refractivity contribution in [2.75, 3.05) is 14.1 Å². The number of amides is 1. The topological polar surface area (TPSA) is 46.3 Å². The molecular formula is C21H44N2O. The van der Waals surface area contributed by atoms with Crippen LogP contribution in [0.1, 0.15) is 104 Å². The number of primary amides is 1. The van der Waals surface area contributed by atoms with Gasteiger partial charge in [-0.15, -0.1) is 0 Å². The summed E-state index contributed by atoms with van der Waals surface area (Å²) in [7, 11) is 4.10. The van der Waals surface area contributed by atoms with Crippen molar-refractivity contribution in [1.82, 2.24) is 4.90 Å². The summed E-state index contributed by atoms with van der Waals surface area (Å²) in [5.41, 5.74) is 5.62. The van der Waals surface area contributed by atoms with Crippen molar-refractivity contribution in [1.29, 1.82) is 0 Å². The molecule has 24 heavy (non-hydrogen) atoms. The Kier molecular flexibility index (Phi) is 15.6. The number of nitrogens with zero attached hydrogens (tertiary/aromatic N) is 1. The molecule has 3 heteroatoms. The SMILES string of the molecule is CCCCCCCCCCCCCCC(C(N)=O)C(CC)N(C)C. The minimum absolute atomic E-state index is 0.00752. The van der Waals surface area contributed by atoms with Gasteiger partial charge >= 0.3 is 0 Å². The van der Waals surface area contributed by atoms with Crippen LogP contribution in [-0.2, 0) is 4.79 Å². The van der Waals surface area contributed by atoms with Gasteiger partial charge in [-0.25, -0.2) is 0 Å². The van der Waals surface area contributed by atoms with Gasteiger partial charge in [-0.3, -0.25) is 4.79 Å². The predicted octanol–water partition coefficient (Wildman–Crippen LogP) is 5.52. The third-order valence-electron chi connectivity index (χ3n) is 5.28. The van der Waals surface area contributed by atoms with Gasteiger partial charge in [0, 0.05) is 6.04 Å². The number of carbonyl (C=O) groups is 1. The van der Waals surface area contributed by atoms with Gasteiger partial charge in [0.2, 0.25) is 5.91 Å². The van der Waals surface area contributed by atoms with Gasteiger partial charge in [-0.05, 0) is 26.9 Å². The van der Waals surface area contributed by atoms with E-state index in [1.165, 1.54) is 70.6 Å². The second-order valence-corrected chi connectivity index (χ2v) is 7.63. The van der Waals surface area contributed by atoms with Gasteiger partial charge in [0.1, 0.15) is 0 Å². The molecule has 0 radical (unpaired) electrons. The number of unbranched alkanes of at least 4 members (excludes halogenated alkanes) is 11. The van der Waals surface area contributed by atoms with Gasteiger partial charge in [0.15, 0.2) is 0 Å². The predicted molar refractivity (Wildman–Crippen MR) is 106 cm³/mol. The van der Waals surface area contributed by atoms with Gasteiger partial charge in [0.05, 0.1) is 5.92 Å². The second kappa shape index (κ2) is 15.9. The summed E-state index contributed by atoms with van der Waals surface area (Å²) >= 11 is 0. The fourth-order valence-electron chi connectivity index (χ4n) is 3.74. The second-order valence-electron chi connectivity index (χ2n) is 7.63. The zero-order chi connectivity index (χ0) is 18.2. The van der Waals surface area contributed by atoms with Crippen LogP contribution in [0, 0.1) is 5.92 Å². The number of carbonyl (C=O) groups excluding carboxylic acids is 1. The first-order chi connectivity index (χ1) is 11.5. The van der Waals surface area contributed by atoms with Gasteiger partial charge in [-0.2, -0.15) is 0 Å². The molecule has 0 fully saturated rings. The van der Waals surface area contributed by atoms with E-state index in [-0.39, 0.29) is 17.9 Å². The summed E-state index contributed by atoms with van der Waals surface area (Å²) in [5.74, 6) is -0.119. The molecule has 2 atom stereocenters. The van der Waals surface area contributed by atoms with E-state index in [1.54, 1.807) is 0 Å². The summed E-state index contributed by atoms with van der Waals surface area (Å²) in [5, 5.41) is 0. The van der Waals surface area contributed by atoms with Crippen LogP contribution >= 0.6 is 0 Å². The maximum Gasteiger partial charge on any atom is 0.222 e. The van der Waals surface area contributed by atoms with Crippen molar-refractivity contribution >= 4 is 5.91 Å². The maximum atomic E-state index is 11.7. The van der Waals surface area contributed by atoms with Crippen LogP contribution in [-0.4, -0.2) is 30.9 Å². The molecule has 0 aromatic carbocycles. The lowest BCUT2D eigenvalue weighted by Crippen LogP contribution is -2.41. The van der Waals surface area contributed by atoms with E-state index in [4.69, 9.17) is 5.73 Å². The van der Waals surface area contributed by atoms with Gasteiger partial charge in [0.25, 0.3) is 0 Å².